The Kier molecular flexibility index (Phi) is 3.44. The summed E-state index contributed by atoms with van der Waals surface area (Å²) in [5, 5.41) is 10.5. The van der Waals surface area contributed by atoms with Crippen molar-refractivity contribution in [1.82, 2.24) is 0 Å². The fraction of sp³-hybridized carbons (Fsp3) is 0.647. The van der Waals surface area contributed by atoms with Crippen molar-refractivity contribution in [2.45, 2.75) is 58.3 Å². The monoisotopic (exact) mass is 306 g/mol. The third kappa shape index (κ3) is 2.02. The molecule has 3 rings (SSSR count). The SMILES string of the molecule is C=C1C(=O)OC2C3=C(C)CCC(O)C3(C)CC(OC(C)=O)C12. The number of allylic oxidation sites excluding steroid dienone is 1. The van der Waals surface area contributed by atoms with Crippen molar-refractivity contribution in [2.75, 3.05) is 0 Å². The molecule has 0 amide bonds. The number of carbonyl (C=O) groups excluding carboxylic acids is 2. The quantitative estimate of drug-likeness (QED) is 0.455. The van der Waals surface area contributed by atoms with Crippen LogP contribution in [0.1, 0.15) is 40.0 Å². The highest BCUT2D eigenvalue weighted by atomic mass is 16.6. The Labute approximate surface area is 130 Å². The van der Waals surface area contributed by atoms with E-state index in [9.17, 15) is 14.7 Å². The third-order valence-electron chi connectivity index (χ3n) is 5.46. The zero-order chi connectivity index (χ0) is 16.2. The first kappa shape index (κ1) is 15.3. The van der Waals surface area contributed by atoms with Crippen LogP contribution in [0.5, 0.6) is 0 Å². The maximum Gasteiger partial charge on any atom is 0.334 e. The van der Waals surface area contributed by atoms with Crippen LogP contribution < -0.4 is 0 Å². The van der Waals surface area contributed by atoms with Gasteiger partial charge in [0.2, 0.25) is 0 Å². The average molecular weight is 306 g/mol. The summed E-state index contributed by atoms with van der Waals surface area (Å²) in [4.78, 5) is 23.4. The van der Waals surface area contributed by atoms with Crippen molar-refractivity contribution >= 4 is 11.9 Å². The molecule has 1 saturated carbocycles. The number of carbonyl (C=O) groups is 2. The maximum absolute atomic E-state index is 12.0. The number of fused-ring (bicyclic) bond motifs is 3. The fourth-order valence-corrected chi connectivity index (χ4v) is 4.40. The summed E-state index contributed by atoms with van der Waals surface area (Å²) in [6.45, 7) is 9.18. The van der Waals surface area contributed by atoms with Crippen LogP contribution in [-0.4, -0.2) is 35.4 Å². The molecule has 5 unspecified atom stereocenters. The molecule has 0 spiro atoms. The van der Waals surface area contributed by atoms with Crippen LogP contribution in [0.2, 0.25) is 0 Å². The van der Waals surface area contributed by atoms with Crippen LogP contribution in [0.4, 0.5) is 0 Å². The zero-order valence-corrected chi connectivity index (χ0v) is 13.2. The average Bonchev–Trinajstić information content (AvgIpc) is 2.70. The first-order valence-electron chi connectivity index (χ1n) is 7.71. The fourth-order valence-electron chi connectivity index (χ4n) is 4.40. The van der Waals surface area contributed by atoms with E-state index in [1.807, 2.05) is 13.8 Å². The van der Waals surface area contributed by atoms with Crippen LogP contribution >= 0.6 is 0 Å². The number of rotatable bonds is 1. The molecule has 5 heteroatoms. The highest BCUT2D eigenvalue weighted by Crippen LogP contribution is 2.55. The number of esters is 2. The second kappa shape index (κ2) is 4.95. The van der Waals surface area contributed by atoms with Gasteiger partial charge in [-0.15, -0.1) is 0 Å². The molecule has 22 heavy (non-hydrogen) atoms. The molecular formula is C17H22O5. The topological polar surface area (TPSA) is 72.8 Å². The van der Waals surface area contributed by atoms with Gasteiger partial charge in [0.05, 0.1) is 12.0 Å². The number of hydrogen-bond donors (Lipinski definition) is 1. The van der Waals surface area contributed by atoms with Gasteiger partial charge >= 0.3 is 11.9 Å². The predicted molar refractivity (Wildman–Crippen MR) is 78.7 cm³/mol. The van der Waals surface area contributed by atoms with E-state index in [1.165, 1.54) is 6.92 Å². The van der Waals surface area contributed by atoms with E-state index < -0.39 is 35.7 Å². The minimum atomic E-state index is -0.533. The lowest BCUT2D eigenvalue weighted by molar-refractivity contribution is -0.157. The Balaban J connectivity index is 2.10. The summed E-state index contributed by atoms with van der Waals surface area (Å²) in [6, 6.07) is 0. The second-order valence-electron chi connectivity index (χ2n) is 6.89. The lowest BCUT2D eigenvalue weighted by atomic mass is 9.58. The molecule has 0 bridgehead atoms. The van der Waals surface area contributed by atoms with Gasteiger partial charge in [-0.25, -0.2) is 4.79 Å². The van der Waals surface area contributed by atoms with E-state index in [0.29, 0.717) is 18.4 Å². The minimum Gasteiger partial charge on any atom is -0.462 e. The molecule has 0 aromatic heterocycles. The highest BCUT2D eigenvalue weighted by Gasteiger charge is 2.59. The number of aliphatic hydroxyl groups is 1. The van der Waals surface area contributed by atoms with Gasteiger partial charge < -0.3 is 14.6 Å². The van der Waals surface area contributed by atoms with Crippen molar-refractivity contribution in [3.63, 3.8) is 0 Å². The van der Waals surface area contributed by atoms with Crippen molar-refractivity contribution in [3.05, 3.63) is 23.3 Å². The Morgan fingerprint density at radius 2 is 2.18 bits per heavy atom. The van der Waals surface area contributed by atoms with Gasteiger partial charge in [-0.2, -0.15) is 0 Å². The summed E-state index contributed by atoms with van der Waals surface area (Å²) >= 11 is 0. The molecule has 120 valence electrons. The van der Waals surface area contributed by atoms with E-state index in [0.717, 1.165) is 17.6 Å². The summed E-state index contributed by atoms with van der Waals surface area (Å²) in [5.41, 5.74) is 1.98. The van der Waals surface area contributed by atoms with Crippen LogP contribution in [-0.2, 0) is 19.1 Å². The summed E-state index contributed by atoms with van der Waals surface area (Å²) < 4.78 is 11.0. The molecule has 2 fully saturated rings. The normalized spacial score (nSPS) is 40.9. The molecule has 5 nitrogen and oxygen atoms in total. The summed E-state index contributed by atoms with van der Waals surface area (Å²) in [6.07, 6.45) is 0.450. The molecule has 3 aliphatic rings. The van der Waals surface area contributed by atoms with Gasteiger partial charge in [0, 0.05) is 17.9 Å². The molecule has 1 aliphatic heterocycles. The highest BCUT2D eigenvalue weighted by molar-refractivity contribution is 5.91. The standard InChI is InChI=1S/C17H22O5/c1-8-5-6-12(19)17(4)7-11(21-10(3)18)13-9(2)16(20)22-15(13)14(8)17/h11-13,15,19H,2,5-7H2,1,3-4H3. The lowest BCUT2D eigenvalue weighted by Gasteiger charge is -2.50. The number of hydrogen-bond acceptors (Lipinski definition) is 5. The van der Waals surface area contributed by atoms with E-state index in [1.54, 1.807) is 0 Å². The minimum absolute atomic E-state index is 0.347. The van der Waals surface area contributed by atoms with E-state index >= 15 is 0 Å². The molecule has 0 radical (unpaired) electrons. The molecule has 1 N–H and O–H groups in total. The van der Waals surface area contributed by atoms with Crippen LogP contribution in [0.3, 0.4) is 0 Å². The van der Waals surface area contributed by atoms with Gasteiger partial charge in [0.15, 0.2) is 0 Å². The zero-order valence-electron chi connectivity index (χ0n) is 13.2. The van der Waals surface area contributed by atoms with Gasteiger partial charge in [-0.05, 0) is 31.8 Å². The first-order valence-corrected chi connectivity index (χ1v) is 7.71. The number of aliphatic hydroxyl groups excluding tert-OH is 1. The Bertz CT molecular complexity index is 590. The molecular weight excluding hydrogens is 284 g/mol. The van der Waals surface area contributed by atoms with Crippen molar-refractivity contribution in [2.24, 2.45) is 11.3 Å². The smallest absolute Gasteiger partial charge is 0.334 e. The van der Waals surface area contributed by atoms with Crippen molar-refractivity contribution in [3.8, 4) is 0 Å². The first-order chi connectivity index (χ1) is 10.3. The Morgan fingerprint density at radius 1 is 1.50 bits per heavy atom. The lowest BCUT2D eigenvalue weighted by Crippen LogP contribution is -2.53. The molecule has 0 aromatic carbocycles. The third-order valence-corrected chi connectivity index (χ3v) is 5.46. The Morgan fingerprint density at radius 3 is 2.82 bits per heavy atom. The summed E-state index contributed by atoms with van der Waals surface area (Å²) in [7, 11) is 0. The van der Waals surface area contributed by atoms with Gasteiger partial charge in [0.25, 0.3) is 0 Å². The molecule has 1 heterocycles. The van der Waals surface area contributed by atoms with Crippen LogP contribution in [0, 0.1) is 11.3 Å². The van der Waals surface area contributed by atoms with E-state index in [2.05, 4.69) is 6.58 Å². The number of ether oxygens (including phenoxy) is 2. The maximum atomic E-state index is 12.0. The van der Waals surface area contributed by atoms with E-state index in [4.69, 9.17) is 9.47 Å². The Hall–Kier alpha value is -1.62. The van der Waals surface area contributed by atoms with Crippen LogP contribution in [0.15, 0.2) is 23.3 Å². The molecule has 2 aliphatic carbocycles. The second-order valence-corrected chi connectivity index (χ2v) is 6.89. The molecule has 0 aromatic rings. The molecule has 5 atom stereocenters. The summed E-state index contributed by atoms with van der Waals surface area (Å²) in [5.74, 6) is -1.18. The van der Waals surface area contributed by atoms with Crippen LogP contribution in [0.25, 0.3) is 0 Å². The van der Waals surface area contributed by atoms with E-state index in [-0.39, 0.29) is 5.92 Å². The van der Waals surface area contributed by atoms with Gasteiger partial charge in [-0.3, -0.25) is 4.79 Å². The van der Waals surface area contributed by atoms with Gasteiger partial charge in [-0.1, -0.05) is 19.1 Å². The van der Waals surface area contributed by atoms with Crippen molar-refractivity contribution in [1.29, 1.82) is 0 Å². The van der Waals surface area contributed by atoms with Crippen molar-refractivity contribution < 1.29 is 24.2 Å². The molecule has 1 saturated heterocycles. The predicted octanol–water partition coefficient (Wildman–Crippen LogP) is 1.90. The largest absolute Gasteiger partial charge is 0.462 e. The van der Waals surface area contributed by atoms with Gasteiger partial charge in [0.1, 0.15) is 12.2 Å².